The Morgan fingerprint density at radius 2 is 1.58 bits per heavy atom. The highest BCUT2D eigenvalue weighted by atomic mass is 35.6. The van der Waals surface area contributed by atoms with E-state index in [1.165, 1.54) is 0 Å². The molecule has 0 atom stereocenters. The van der Waals surface area contributed by atoms with Gasteiger partial charge < -0.3 is 9.80 Å². The van der Waals surface area contributed by atoms with E-state index >= 15 is 0 Å². The van der Waals surface area contributed by atoms with Gasteiger partial charge in [-0.2, -0.15) is 9.97 Å². The third kappa shape index (κ3) is 5.03. The lowest BCUT2D eigenvalue weighted by molar-refractivity contribution is 0.360. The SMILES string of the molecule is CN1CCCN(c2nc(-c3cc(Cl)cc(Cl)c3)nc(C(Cl)(Cl)Cl)n2)CC1. The summed E-state index contributed by atoms with van der Waals surface area (Å²) in [6.07, 6.45) is 0.990. The zero-order valence-corrected chi connectivity index (χ0v) is 17.7. The molecule has 26 heavy (non-hydrogen) atoms. The summed E-state index contributed by atoms with van der Waals surface area (Å²) < 4.78 is -1.77. The van der Waals surface area contributed by atoms with Crippen LogP contribution in [0.3, 0.4) is 0 Å². The molecule has 1 aliphatic heterocycles. The Morgan fingerprint density at radius 1 is 0.885 bits per heavy atom. The molecular weight excluding hydrogens is 439 g/mol. The van der Waals surface area contributed by atoms with E-state index in [-0.39, 0.29) is 5.82 Å². The van der Waals surface area contributed by atoms with Crippen molar-refractivity contribution in [3.63, 3.8) is 0 Å². The predicted octanol–water partition coefficient (Wildman–Crippen LogP) is 4.81. The van der Waals surface area contributed by atoms with Gasteiger partial charge in [-0.05, 0) is 38.2 Å². The van der Waals surface area contributed by atoms with E-state index in [0.717, 1.165) is 32.6 Å². The van der Waals surface area contributed by atoms with Crippen molar-refractivity contribution in [1.29, 1.82) is 0 Å². The Labute approximate surface area is 177 Å². The Bertz CT molecular complexity index is 775. The molecule has 140 valence electrons. The number of hydrogen-bond donors (Lipinski definition) is 0. The lowest BCUT2D eigenvalue weighted by atomic mass is 10.2. The summed E-state index contributed by atoms with van der Waals surface area (Å²) >= 11 is 30.4. The highest BCUT2D eigenvalue weighted by Crippen LogP contribution is 2.37. The maximum Gasteiger partial charge on any atom is 0.250 e. The number of likely N-dealkylation sites (N-methyl/N-ethyl adjacent to an activating group) is 1. The molecule has 1 aromatic carbocycles. The number of halogens is 5. The monoisotopic (exact) mass is 453 g/mol. The molecule has 0 N–H and O–H groups in total. The Hall–Kier alpha value is -0.560. The Balaban J connectivity index is 2.07. The number of nitrogens with zero attached hydrogens (tertiary/aromatic N) is 5. The van der Waals surface area contributed by atoms with Crippen LogP contribution in [0.5, 0.6) is 0 Å². The van der Waals surface area contributed by atoms with Crippen LogP contribution in [0.1, 0.15) is 12.2 Å². The first-order valence-electron chi connectivity index (χ1n) is 7.95. The summed E-state index contributed by atoms with van der Waals surface area (Å²) in [5.74, 6) is 0.900. The average molecular weight is 456 g/mol. The van der Waals surface area contributed by atoms with Gasteiger partial charge in [-0.25, -0.2) is 4.98 Å². The number of alkyl halides is 3. The molecule has 1 saturated heterocycles. The highest BCUT2D eigenvalue weighted by Gasteiger charge is 2.30. The first-order chi connectivity index (χ1) is 12.2. The second kappa shape index (κ2) is 8.21. The highest BCUT2D eigenvalue weighted by molar-refractivity contribution is 6.66. The molecule has 0 bridgehead atoms. The second-order valence-corrected chi connectivity index (χ2v) is 9.24. The normalized spacial score (nSPS) is 16.6. The Kier molecular flexibility index (Phi) is 6.37. The zero-order valence-electron chi connectivity index (χ0n) is 13.9. The van der Waals surface area contributed by atoms with Crippen molar-refractivity contribution in [3.8, 4) is 11.4 Å². The van der Waals surface area contributed by atoms with Crippen LogP contribution >= 0.6 is 58.0 Å². The molecule has 1 aromatic heterocycles. The lowest BCUT2D eigenvalue weighted by Gasteiger charge is -2.22. The van der Waals surface area contributed by atoms with Gasteiger partial charge in [-0.1, -0.05) is 58.0 Å². The fraction of sp³-hybridized carbons (Fsp3) is 0.438. The fourth-order valence-corrected chi connectivity index (χ4v) is 3.47. The topological polar surface area (TPSA) is 45.2 Å². The van der Waals surface area contributed by atoms with Crippen LogP contribution in [0, 0.1) is 0 Å². The van der Waals surface area contributed by atoms with Crippen molar-refractivity contribution in [2.75, 3.05) is 38.1 Å². The molecule has 0 radical (unpaired) electrons. The number of anilines is 1. The summed E-state index contributed by atoms with van der Waals surface area (Å²) in [5.41, 5.74) is 0.633. The molecule has 0 saturated carbocycles. The first kappa shape index (κ1) is 20.2. The molecule has 10 heteroatoms. The molecule has 0 aliphatic carbocycles. The van der Waals surface area contributed by atoms with Crippen LogP contribution < -0.4 is 4.90 Å². The van der Waals surface area contributed by atoms with Crippen LogP contribution in [-0.2, 0) is 3.79 Å². The maximum absolute atomic E-state index is 6.11. The van der Waals surface area contributed by atoms with E-state index in [2.05, 4.69) is 31.8 Å². The van der Waals surface area contributed by atoms with E-state index in [9.17, 15) is 0 Å². The van der Waals surface area contributed by atoms with E-state index in [4.69, 9.17) is 58.0 Å². The van der Waals surface area contributed by atoms with Crippen LogP contribution in [0.2, 0.25) is 10.0 Å². The molecule has 2 aromatic rings. The summed E-state index contributed by atoms with van der Waals surface area (Å²) in [5, 5.41) is 0.947. The van der Waals surface area contributed by atoms with E-state index in [0.29, 0.717) is 27.4 Å². The van der Waals surface area contributed by atoms with Crippen LogP contribution in [0.15, 0.2) is 18.2 Å². The first-order valence-corrected chi connectivity index (χ1v) is 9.84. The van der Waals surface area contributed by atoms with Gasteiger partial charge in [0.05, 0.1) is 0 Å². The average Bonchev–Trinajstić information content (AvgIpc) is 2.77. The van der Waals surface area contributed by atoms with Gasteiger partial charge >= 0.3 is 0 Å². The minimum atomic E-state index is -1.77. The molecule has 5 nitrogen and oxygen atoms in total. The lowest BCUT2D eigenvalue weighted by Crippen LogP contribution is -2.31. The van der Waals surface area contributed by atoms with Crippen molar-refractivity contribution in [2.24, 2.45) is 0 Å². The number of aromatic nitrogens is 3. The van der Waals surface area contributed by atoms with Gasteiger partial charge in [0.2, 0.25) is 9.74 Å². The third-order valence-electron chi connectivity index (χ3n) is 4.00. The van der Waals surface area contributed by atoms with Gasteiger partial charge in [0, 0.05) is 35.2 Å². The van der Waals surface area contributed by atoms with E-state index in [1.807, 2.05) is 0 Å². The predicted molar refractivity (Wildman–Crippen MR) is 109 cm³/mol. The largest absolute Gasteiger partial charge is 0.339 e. The van der Waals surface area contributed by atoms with Gasteiger partial charge in [0.25, 0.3) is 0 Å². The van der Waals surface area contributed by atoms with Gasteiger partial charge in [-0.3, -0.25) is 0 Å². The molecule has 1 fully saturated rings. The van der Waals surface area contributed by atoms with Crippen molar-refractivity contribution >= 4 is 64.0 Å². The van der Waals surface area contributed by atoms with Crippen molar-refractivity contribution in [3.05, 3.63) is 34.1 Å². The fourth-order valence-electron chi connectivity index (χ4n) is 2.69. The van der Waals surface area contributed by atoms with E-state index in [1.54, 1.807) is 18.2 Å². The smallest absolute Gasteiger partial charge is 0.250 e. The van der Waals surface area contributed by atoms with Crippen LogP contribution in [-0.4, -0.2) is 53.1 Å². The molecule has 2 heterocycles. The maximum atomic E-state index is 6.11. The molecular formula is C16H16Cl5N5. The zero-order chi connectivity index (χ0) is 18.9. The quantitative estimate of drug-likeness (QED) is 0.608. The molecule has 0 unspecified atom stereocenters. The number of benzene rings is 1. The summed E-state index contributed by atoms with van der Waals surface area (Å²) in [4.78, 5) is 17.6. The van der Waals surface area contributed by atoms with E-state index < -0.39 is 3.79 Å². The van der Waals surface area contributed by atoms with Gasteiger partial charge in [0.15, 0.2) is 11.6 Å². The molecule has 0 amide bonds. The molecule has 1 aliphatic rings. The van der Waals surface area contributed by atoms with Gasteiger partial charge in [-0.15, -0.1) is 0 Å². The summed E-state index contributed by atoms with van der Waals surface area (Å²) in [6, 6.07) is 5.06. The minimum Gasteiger partial charge on any atom is -0.339 e. The number of hydrogen-bond acceptors (Lipinski definition) is 5. The number of rotatable bonds is 2. The second-order valence-electron chi connectivity index (χ2n) is 6.08. The van der Waals surface area contributed by atoms with Crippen molar-refractivity contribution in [2.45, 2.75) is 10.2 Å². The summed E-state index contributed by atoms with van der Waals surface area (Å²) in [6.45, 7) is 3.49. The third-order valence-corrected chi connectivity index (χ3v) is 4.94. The molecule has 0 spiro atoms. The van der Waals surface area contributed by atoms with Crippen LogP contribution in [0.25, 0.3) is 11.4 Å². The minimum absolute atomic E-state index is 0.0659. The van der Waals surface area contributed by atoms with Crippen LogP contribution in [0.4, 0.5) is 5.95 Å². The Morgan fingerprint density at radius 3 is 2.23 bits per heavy atom. The van der Waals surface area contributed by atoms with Crippen molar-refractivity contribution < 1.29 is 0 Å². The standard InChI is InChI=1S/C16H16Cl5N5/c1-25-3-2-4-26(6-5-25)15-23-13(22-14(24-15)16(19,20)21)10-7-11(17)9-12(18)8-10/h7-9H,2-6H2,1H3. The molecule has 3 rings (SSSR count). The van der Waals surface area contributed by atoms with Crippen molar-refractivity contribution in [1.82, 2.24) is 19.9 Å². The van der Waals surface area contributed by atoms with Gasteiger partial charge in [0.1, 0.15) is 0 Å². The summed E-state index contributed by atoms with van der Waals surface area (Å²) in [7, 11) is 2.09.